The van der Waals surface area contributed by atoms with Gasteiger partial charge >= 0.3 is 0 Å². The first kappa shape index (κ1) is 20.2. The van der Waals surface area contributed by atoms with E-state index < -0.39 is 5.91 Å². The summed E-state index contributed by atoms with van der Waals surface area (Å²) in [7, 11) is 0. The van der Waals surface area contributed by atoms with Crippen molar-refractivity contribution in [1.82, 2.24) is 5.43 Å². The molecular weight excluding hydrogens is 404 g/mol. The van der Waals surface area contributed by atoms with Crippen molar-refractivity contribution >= 4 is 34.5 Å². The van der Waals surface area contributed by atoms with Crippen LogP contribution in [0.4, 0.5) is 0 Å². The quantitative estimate of drug-likeness (QED) is 0.450. The summed E-state index contributed by atoms with van der Waals surface area (Å²) in [6.45, 7) is 1.33. The molecule has 3 aromatic rings. The average molecular weight is 425 g/mol. The van der Waals surface area contributed by atoms with Crippen LogP contribution in [-0.4, -0.2) is 36.5 Å². The molecule has 0 bridgehead atoms. The number of nitrogens with zero attached hydrogens (tertiary/aromatic N) is 1. The molecule has 0 saturated carbocycles. The molecule has 0 aliphatic carbocycles. The first-order valence-electron chi connectivity index (χ1n) is 9.70. The SMILES string of the molecule is O=C(NN=Cc1ccc(OCC2CCCO2)c2ccccc12)c1ccc(O)c(Cl)c1. The van der Waals surface area contributed by atoms with Crippen LogP contribution in [0.2, 0.25) is 5.02 Å². The summed E-state index contributed by atoms with van der Waals surface area (Å²) in [6.07, 6.45) is 3.83. The normalized spacial score (nSPS) is 16.2. The van der Waals surface area contributed by atoms with E-state index in [1.165, 1.54) is 18.2 Å². The predicted molar refractivity (Wildman–Crippen MR) is 117 cm³/mol. The van der Waals surface area contributed by atoms with Crippen molar-refractivity contribution in [2.24, 2.45) is 5.10 Å². The number of phenolic OH excluding ortho intramolecular Hbond substituents is 1. The lowest BCUT2D eigenvalue weighted by molar-refractivity contribution is 0.0685. The molecule has 30 heavy (non-hydrogen) atoms. The highest BCUT2D eigenvalue weighted by Gasteiger charge is 2.17. The summed E-state index contributed by atoms with van der Waals surface area (Å²) in [5, 5.41) is 15.6. The second kappa shape index (κ2) is 9.15. The van der Waals surface area contributed by atoms with Gasteiger partial charge in [0.2, 0.25) is 0 Å². The first-order chi connectivity index (χ1) is 14.6. The van der Waals surface area contributed by atoms with Gasteiger partial charge in [0.05, 0.1) is 17.3 Å². The Labute approximate surface area is 179 Å². The Kier molecular flexibility index (Phi) is 6.16. The number of hydrazone groups is 1. The maximum atomic E-state index is 12.2. The number of nitrogens with one attached hydrogen (secondary N) is 1. The molecule has 1 fully saturated rings. The molecule has 1 heterocycles. The zero-order valence-electron chi connectivity index (χ0n) is 16.2. The molecule has 0 aromatic heterocycles. The van der Waals surface area contributed by atoms with Crippen molar-refractivity contribution in [3.8, 4) is 11.5 Å². The summed E-state index contributed by atoms with van der Waals surface area (Å²) in [6, 6.07) is 15.9. The van der Waals surface area contributed by atoms with Crippen LogP contribution in [0.5, 0.6) is 11.5 Å². The fourth-order valence-corrected chi connectivity index (χ4v) is 3.55. The zero-order valence-corrected chi connectivity index (χ0v) is 16.9. The first-order valence-corrected chi connectivity index (χ1v) is 10.1. The number of carbonyl (C=O) groups excluding carboxylic acids is 1. The monoisotopic (exact) mass is 424 g/mol. The molecule has 1 aliphatic heterocycles. The minimum atomic E-state index is -0.422. The molecule has 1 saturated heterocycles. The molecule has 4 rings (SSSR count). The summed E-state index contributed by atoms with van der Waals surface area (Å²) < 4.78 is 11.6. The molecule has 7 heteroatoms. The zero-order chi connectivity index (χ0) is 20.9. The van der Waals surface area contributed by atoms with Crippen molar-refractivity contribution in [3.63, 3.8) is 0 Å². The highest BCUT2D eigenvalue weighted by Crippen LogP contribution is 2.29. The Morgan fingerprint density at radius 1 is 1.23 bits per heavy atom. The number of halogens is 1. The van der Waals surface area contributed by atoms with Crippen LogP contribution in [0.1, 0.15) is 28.8 Å². The topological polar surface area (TPSA) is 80.2 Å². The molecule has 2 N–H and O–H groups in total. The minimum Gasteiger partial charge on any atom is -0.506 e. The molecule has 6 nitrogen and oxygen atoms in total. The van der Waals surface area contributed by atoms with E-state index in [1.807, 2.05) is 36.4 Å². The number of hydrogen-bond acceptors (Lipinski definition) is 5. The van der Waals surface area contributed by atoms with Gasteiger partial charge in [0, 0.05) is 23.1 Å². The molecule has 3 aromatic carbocycles. The van der Waals surface area contributed by atoms with Gasteiger partial charge in [0.15, 0.2) is 0 Å². The van der Waals surface area contributed by atoms with E-state index in [0.717, 1.165) is 41.5 Å². The lowest BCUT2D eigenvalue weighted by atomic mass is 10.0. The van der Waals surface area contributed by atoms with Gasteiger partial charge in [0.1, 0.15) is 18.1 Å². The molecule has 1 unspecified atom stereocenters. The Bertz CT molecular complexity index is 1090. The minimum absolute atomic E-state index is 0.0787. The smallest absolute Gasteiger partial charge is 0.271 e. The second-order valence-electron chi connectivity index (χ2n) is 7.01. The van der Waals surface area contributed by atoms with E-state index >= 15 is 0 Å². The van der Waals surface area contributed by atoms with E-state index in [0.29, 0.717) is 12.2 Å². The van der Waals surface area contributed by atoms with Crippen molar-refractivity contribution in [2.45, 2.75) is 18.9 Å². The van der Waals surface area contributed by atoms with Crippen LogP contribution in [0.25, 0.3) is 10.8 Å². The third-order valence-electron chi connectivity index (χ3n) is 4.95. The molecular formula is C23H21ClN2O4. The number of ether oxygens (including phenoxy) is 2. The third kappa shape index (κ3) is 4.56. The van der Waals surface area contributed by atoms with Crippen LogP contribution < -0.4 is 10.2 Å². The molecule has 1 aliphatic rings. The average Bonchev–Trinajstić information content (AvgIpc) is 3.28. The van der Waals surface area contributed by atoms with Crippen LogP contribution in [0.15, 0.2) is 59.7 Å². The molecule has 0 radical (unpaired) electrons. The van der Waals surface area contributed by atoms with Gasteiger partial charge in [-0.25, -0.2) is 5.43 Å². The summed E-state index contributed by atoms with van der Waals surface area (Å²) >= 11 is 5.85. The fourth-order valence-electron chi connectivity index (χ4n) is 3.36. The number of benzene rings is 3. The molecule has 1 amide bonds. The summed E-state index contributed by atoms with van der Waals surface area (Å²) in [5.41, 5.74) is 3.63. The summed E-state index contributed by atoms with van der Waals surface area (Å²) in [4.78, 5) is 12.2. The number of hydrogen-bond donors (Lipinski definition) is 2. The maximum Gasteiger partial charge on any atom is 0.271 e. The number of carbonyl (C=O) groups is 1. The van der Waals surface area contributed by atoms with Crippen molar-refractivity contribution < 1.29 is 19.4 Å². The number of rotatable bonds is 6. The van der Waals surface area contributed by atoms with Crippen LogP contribution in [-0.2, 0) is 4.74 Å². The van der Waals surface area contributed by atoms with Gasteiger partial charge in [-0.05, 0) is 48.6 Å². The lowest BCUT2D eigenvalue weighted by Crippen LogP contribution is -2.17. The van der Waals surface area contributed by atoms with Crippen LogP contribution >= 0.6 is 11.6 Å². The predicted octanol–water partition coefficient (Wildman–Crippen LogP) is 4.52. The largest absolute Gasteiger partial charge is 0.506 e. The number of amides is 1. The Morgan fingerprint density at radius 2 is 2.07 bits per heavy atom. The van der Waals surface area contributed by atoms with E-state index in [-0.39, 0.29) is 16.9 Å². The number of phenols is 1. The highest BCUT2D eigenvalue weighted by atomic mass is 35.5. The maximum absolute atomic E-state index is 12.2. The third-order valence-corrected chi connectivity index (χ3v) is 5.25. The van der Waals surface area contributed by atoms with E-state index in [4.69, 9.17) is 21.1 Å². The van der Waals surface area contributed by atoms with Gasteiger partial charge in [-0.1, -0.05) is 35.9 Å². The van der Waals surface area contributed by atoms with Gasteiger partial charge in [-0.2, -0.15) is 5.10 Å². The standard InChI is InChI=1S/C23H21ClN2O4/c24-20-12-15(7-9-21(20)27)23(28)26-25-13-16-8-10-22(19-6-2-1-5-18(16)19)30-14-17-4-3-11-29-17/h1-2,5-10,12-13,17,27H,3-4,11,14H2,(H,26,28). The molecule has 1 atom stereocenters. The van der Waals surface area contributed by atoms with E-state index in [1.54, 1.807) is 6.21 Å². The van der Waals surface area contributed by atoms with Gasteiger partial charge in [0.25, 0.3) is 5.91 Å². The van der Waals surface area contributed by atoms with Crippen molar-refractivity contribution in [3.05, 3.63) is 70.7 Å². The van der Waals surface area contributed by atoms with E-state index in [2.05, 4.69) is 10.5 Å². The van der Waals surface area contributed by atoms with Crippen LogP contribution in [0.3, 0.4) is 0 Å². The van der Waals surface area contributed by atoms with Gasteiger partial charge in [-0.15, -0.1) is 0 Å². The Hall–Kier alpha value is -3.09. The van der Waals surface area contributed by atoms with Crippen molar-refractivity contribution in [1.29, 1.82) is 0 Å². The van der Waals surface area contributed by atoms with Gasteiger partial charge in [-0.3, -0.25) is 4.79 Å². The van der Waals surface area contributed by atoms with Crippen molar-refractivity contribution in [2.75, 3.05) is 13.2 Å². The molecule has 0 spiro atoms. The Morgan fingerprint density at radius 3 is 2.83 bits per heavy atom. The highest BCUT2D eigenvalue weighted by molar-refractivity contribution is 6.32. The van der Waals surface area contributed by atoms with Crippen LogP contribution in [0, 0.1) is 0 Å². The lowest BCUT2D eigenvalue weighted by Gasteiger charge is -2.14. The number of fused-ring (bicyclic) bond motifs is 1. The van der Waals surface area contributed by atoms with E-state index in [9.17, 15) is 9.90 Å². The summed E-state index contributed by atoms with van der Waals surface area (Å²) in [5.74, 6) is 0.292. The van der Waals surface area contributed by atoms with Gasteiger partial charge < -0.3 is 14.6 Å². The fraction of sp³-hybridized carbons (Fsp3) is 0.217. The second-order valence-corrected chi connectivity index (χ2v) is 7.42. The molecule has 154 valence electrons. The number of aromatic hydroxyl groups is 1. The Balaban J connectivity index is 1.49.